The average Bonchev–Trinajstić information content (AvgIpc) is 1.99. The first-order valence-electron chi connectivity index (χ1n) is 4.20. The van der Waals surface area contributed by atoms with Gasteiger partial charge in [-0.1, -0.05) is 0 Å². The second kappa shape index (κ2) is 24.6. The first kappa shape index (κ1) is 37.1. The summed E-state index contributed by atoms with van der Waals surface area (Å²) in [4.78, 5) is 27.3. The summed E-state index contributed by atoms with van der Waals surface area (Å²) in [7, 11) is 0. The van der Waals surface area contributed by atoms with Crippen molar-refractivity contribution in [1.29, 1.82) is 0 Å². The third-order valence-electron chi connectivity index (χ3n) is 0.682. The van der Waals surface area contributed by atoms with Crippen molar-refractivity contribution in [2.45, 2.75) is 32.8 Å². The van der Waals surface area contributed by atoms with Gasteiger partial charge in [-0.15, -0.1) is 11.4 Å². The zero-order chi connectivity index (χ0) is 15.9. The Balaban J connectivity index is -0.0000000355. The Bertz CT molecular complexity index is 242. The SMILES string of the molecule is C=O.CC(=O)CC(C)(C)O.NC(N)=O.O=S([O-])[O-].[Na+].[Na+]. The van der Waals surface area contributed by atoms with Crippen LogP contribution in [0, 0.1) is 0 Å². The van der Waals surface area contributed by atoms with Crippen LogP contribution in [0.2, 0.25) is 0 Å². The first-order chi connectivity index (χ1) is 7.88. The smallest absolute Gasteiger partial charge is 0.784 e. The van der Waals surface area contributed by atoms with E-state index in [-0.39, 0.29) is 71.3 Å². The Morgan fingerprint density at radius 2 is 1.35 bits per heavy atom. The molecule has 0 rings (SSSR count). The van der Waals surface area contributed by atoms with Crippen molar-refractivity contribution in [2.24, 2.45) is 11.5 Å². The number of carbonyl (C=O) groups is 3. The molecular weight excluding hydrogens is 314 g/mol. The summed E-state index contributed by atoms with van der Waals surface area (Å²) >= 11 is -3.11. The summed E-state index contributed by atoms with van der Waals surface area (Å²) in [6.45, 7) is 6.71. The number of nitrogens with two attached hydrogens (primary N) is 2. The van der Waals surface area contributed by atoms with Crippen LogP contribution >= 0.6 is 0 Å². The predicted molar refractivity (Wildman–Crippen MR) is 62.2 cm³/mol. The number of rotatable bonds is 2. The van der Waals surface area contributed by atoms with Gasteiger partial charge < -0.3 is 30.5 Å². The Morgan fingerprint density at radius 3 is 1.35 bits per heavy atom. The van der Waals surface area contributed by atoms with Crippen molar-refractivity contribution < 1.29 is 91.9 Å². The van der Waals surface area contributed by atoms with Crippen molar-refractivity contribution in [3.8, 4) is 0 Å². The van der Waals surface area contributed by atoms with Crippen molar-refractivity contribution in [3.63, 3.8) is 0 Å². The minimum atomic E-state index is -3.11. The van der Waals surface area contributed by atoms with Gasteiger partial charge in [-0.05, 0) is 20.8 Å². The summed E-state index contributed by atoms with van der Waals surface area (Å²) in [6, 6.07) is -0.833. The molecule has 0 aromatic rings. The van der Waals surface area contributed by atoms with Gasteiger partial charge in [0.05, 0.1) is 5.60 Å². The molecule has 0 aromatic heterocycles. The number of urea groups is 1. The molecule has 0 fully saturated rings. The number of aliphatic hydroxyl groups is 1. The van der Waals surface area contributed by atoms with Gasteiger partial charge in [0.15, 0.2) is 0 Å². The minimum absolute atomic E-state index is 0. The van der Waals surface area contributed by atoms with Crippen LogP contribution in [-0.2, 0) is 21.0 Å². The van der Waals surface area contributed by atoms with Crippen LogP contribution in [0.4, 0.5) is 4.79 Å². The van der Waals surface area contributed by atoms with Crippen LogP contribution in [0.15, 0.2) is 0 Å². The normalized spacial score (nSPS) is 7.75. The van der Waals surface area contributed by atoms with E-state index in [4.69, 9.17) is 28.0 Å². The maximum atomic E-state index is 10.3. The fourth-order valence-electron chi connectivity index (χ4n) is 0.609. The molecule has 2 amide bonds. The first-order valence-corrected chi connectivity index (χ1v) is 5.20. The Kier molecular flexibility index (Phi) is 45.8. The number of ketones is 1. The number of carbonyl (C=O) groups excluding carboxylic acids is 3. The Morgan fingerprint density at radius 1 is 1.20 bits per heavy atom. The number of primary amides is 2. The second-order valence-corrected chi connectivity index (χ2v) is 3.71. The monoisotopic (exact) mass is 332 g/mol. The largest absolute Gasteiger partial charge is 1.00 e. The summed E-state index contributed by atoms with van der Waals surface area (Å²) in [5.74, 6) is 0.0255. The van der Waals surface area contributed by atoms with Crippen LogP contribution in [0.1, 0.15) is 27.2 Å². The van der Waals surface area contributed by atoms with Gasteiger partial charge in [0.1, 0.15) is 12.6 Å². The zero-order valence-electron chi connectivity index (χ0n) is 12.4. The average molecular weight is 332 g/mol. The third kappa shape index (κ3) is 182. The van der Waals surface area contributed by atoms with Crippen LogP contribution < -0.4 is 70.6 Å². The van der Waals surface area contributed by atoms with Crippen molar-refractivity contribution in [2.75, 3.05) is 0 Å². The number of amides is 2. The van der Waals surface area contributed by atoms with Crippen molar-refractivity contribution in [3.05, 3.63) is 0 Å². The Labute approximate surface area is 164 Å². The molecule has 20 heavy (non-hydrogen) atoms. The van der Waals surface area contributed by atoms with Gasteiger partial charge in [-0.3, -0.25) is 9.00 Å². The summed E-state index contributed by atoms with van der Waals surface area (Å²) in [5.41, 5.74) is 7.67. The van der Waals surface area contributed by atoms with Crippen molar-refractivity contribution >= 4 is 30.0 Å². The number of hydrogen-bond acceptors (Lipinski definition) is 7. The van der Waals surface area contributed by atoms with Crippen molar-refractivity contribution in [1.82, 2.24) is 0 Å². The van der Waals surface area contributed by atoms with E-state index < -0.39 is 23.0 Å². The van der Waals surface area contributed by atoms with E-state index in [0.29, 0.717) is 0 Å². The van der Waals surface area contributed by atoms with Crippen LogP contribution in [-0.4, -0.2) is 42.6 Å². The zero-order valence-corrected chi connectivity index (χ0v) is 17.2. The molecule has 0 heterocycles. The van der Waals surface area contributed by atoms with E-state index in [1.807, 2.05) is 6.79 Å². The van der Waals surface area contributed by atoms with Gasteiger partial charge in [0, 0.05) is 6.42 Å². The van der Waals surface area contributed by atoms with E-state index in [2.05, 4.69) is 11.5 Å². The second-order valence-electron chi connectivity index (χ2n) is 3.30. The molecule has 0 bridgehead atoms. The third-order valence-corrected chi connectivity index (χ3v) is 0.682. The maximum Gasteiger partial charge on any atom is 1.00 e. The number of Topliss-reactive ketones (excluding diaryl/α,β-unsaturated/α-hetero) is 1. The maximum absolute atomic E-state index is 10.3. The molecule has 5 N–H and O–H groups in total. The standard InChI is InChI=1S/C6H12O2.CH4N2O.CH2O.2Na.H2O3S/c1-5(7)4-6(2,3)8;2-1(3)4;1-2;;;1-4(2)3/h8H,4H2,1-3H3;(H4,2,3,4);1H2;;;(H2,1,2,3)/q;;;2*+1;/p-2. The summed E-state index contributed by atoms with van der Waals surface area (Å²) in [5, 5.41) is 8.97. The molecular formula is C8H18N2Na2O7S. The van der Waals surface area contributed by atoms with E-state index in [9.17, 15) is 4.79 Å². The van der Waals surface area contributed by atoms with E-state index >= 15 is 0 Å². The quantitative estimate of drug-likeness (QED) is 0.331. The molecule has 0 aliphatic heterocycles. The van der Waals surface area contributed by atoms with E-state index in [1.165, 1.54) is 6.92 Å². The van der Waals surface area contributed by atoms with Crippen LogP contribution in [0.25, 0.3) is 0 Å². The predicted octanol–water partition coefficient (Wildman–Crippen LogP) is -7.42. The molecule has 0 saturated heterocycles. The molecule has 0 saturated carbocycles. The molecule has 0 aliphatic rings. The molecule has 110 valence electrons. The van der Waals surface area contributed by atoms with Crippen LogP contribution in [0.5, 0.6) is 0 Å². The molecule has 0 spiro atoms. The van der Waals surface area contributed by atoms with E-state index in [0.717, 1.165) is 0 Å². The number of hydrogen-bond donors (Lipinski definition) is 3. The minimum Gasteiger partial charge on any atom is -0.784 e. The molecule has 9 nitrogen and oxygen atoms in total. The fourth-order valence-corrected chi connectivity index (χ4v) is 0.609. The fraction of sp³-hybridized carbons (Fsp3) is 0.625. The molecule has 0 aromatic carbocycles. The van der Waals surface area contributed by atoms with Gasteiger partial charge in [0.25, 0.3) is 0 Å². The summed E-state index contributed by atoms with van der Waals surface area (Å²) in [6.07, 6.45) is 0.243. The van der Waals surface area contributed by atoms with Gasteiger partial charge >= 0.3 is 65.1 Å². The summed E-state index contributed by atoms with van der Waals surface area (Å²) < 4.78 is 25.3. The van der Waals surface area contributed by atoms with E-state index in [1.54, 1.807) is 13.8 Å². The molecule has 0 radical (unpaired) electrons. The molecule has 0 unspecified atom stereocenters. The van der Waals surface area contributed by atoms with Gasteiger partial charge in [-0.2, -0.15) is 0 Å². The molecule has 0 aliphatic carbocycles. The van der Waals surface area contributed by atoms with Gasteiger partial charge in [-0.25, -0.2) is 4.79 Å². The molecule has 12 heteroatoms. The van der Waals surface area contributed by atoms with Crippen LogP contribution in [0.3, 0.4) is 0 Å². The molecule has 0 atom stereocenters. The van der Waals surface area contributed by atoms with Gasteiger partial charge in [0.2, 0.25) is 0 Å². The Hall–Kier alpha value is 0.640. The topological polar surface area (TPSA) is 187 Å².